The second-order valence-electron chi connectivity index (χ2n) is 5.46. The molecule has 3 N–H and O–H groups in total. The molecule has 0 spiro atoms. The lowest BCUT2D eigenvalue weighted by molar-refractivity contribution is -0.119. The molecule has 6 nitrogen and oxygen atoms in total. The van der Waals surface area contributed by atoms with Gasteiger partial charge in [0.25, 0.3) is 0 Å². The number of hydrogen-bond acceptors (Lipinski definition) is 4. The summed E-state index contributed by atoms with van der Waals surface area (Å²) < 4.78 is 27.2. The van der Waals surface area contributed by atoms with Crippen LogP contribution in [-0.2, 0) is 14.8 Å². The summed E-state index contributed by atoms with van der Waals surface area (Å²) in [5.74, 6) is 0.0455. The Bertz CT molecular complexity index is 614. The van der Waals surface area contributed by atoms with Gasteiger partial charge in [-0.15, -0.1) is 0 Å². The van der Waals surface area contributed by atoms with E-state index in [-0.39, 0.29) is 22.9 Å². The van der Waals surface area contributed by atoms with Gasteiger partial charge in [0.05, 0.1) is 5.69 Å². The van der Waals surface area contributed by atoms with Gasteiger partial charge >= 0.3 is 0 Å². The number of hydrogen-bond donors (Lipinski definition) is 3. The maximum atomic E-state index is 12.3. The van der Waals surface area contributed by atoms with Gasteiger partial charge in [-0.05, 0) is 32.4 Å². The van der Waals surface area contributed by atoms with Crippen LogP contribution in [0.2, 0.25) is 0 Å². The highest BCUT2D eigenvalue weighted by atomic mass is 32.2. The third-order valence-corrected chi connectivity index (χ3v) is 4.91. The fourth-order valence-electron chi connectivity index (χ4n) is 2.28. The van der Waals surface area contributed by atoms with Crippen LogP contribution in [0.15, 0.2) is 29.2 Å². The summed E-state index contributed by atoms with van der Waals surface area (Å²) in [5.41, 5.74) is 0.548. The number of rotatable bonds is 6. The Morgan fingerprint density at radius 1 is 1.33 bits per heavy atom. The number of para-hydroxylation sites is 1. The van der Waals surface area contributed by atoms with Crippen LogP contribution in [0, 0.1) is 0 Å². The summed E-state index contributed by atoms with van der Waals surface area (Å²) in [5, 5.41) is 5.97. The van der Waals surface area contributed by atoms with Gasteiger partial charge in [-0.2, -0.15) is 0 Å². The van der Waals surface area contributed by atoms with Crippen LogP contribution in [0.3, 0.4) is 0 Å². The highest BCUT2D eigenvalue weighted by Gasteiger charge is 2.22. The molecule has 1 atom stereocenters. The normalized spacial score (nSPS) is 18.8. The van der Waals surface area contributed by atoms with E-state index in [0.717, 1.165) is 6.42 Å². The molecule has 116 valence electrons. The summed E-state index contributed by atoms with van der Waals surface area (Å²) in [7, 11) is -3.55. The molecular weight excluding hydrogens is 290 g/mol. The number of carbonyl (C=O) groups is 1. The first kappa shape index (κ1) is 15.8. The Balaban J connectivity index is 2.11. The molecule has 1 unspecified atom stereocenters. The number of anilines is 1. The van der Waals surface area contributed by atoms with Gasteiger partial charge in [0.15, 0.2) is 0 Å². The quantitative estimate of drug-likeness (QED) is 0.733. The number of carbonyl (C=O) groups excluding carboxylic acids is 1. The van der Waals surface area contributed by atoms with Crippen molar-refractivity contribution in [3.05, 3.63) is 24.3 Å². The lowest BCUT2D eigenvalue weighted by atomic mass is 10.2. The fourth-order valence-corrected chi connectivity index (χ4v) is 3.72. The zero-order chi connectivity index (χ0) is 15.5. The predicted molar refractivity (Wildman–Crippen MR) is 81.6 cm³/mol. The zero-order valence-electron chi connectivity index (χ0n) is 12.2. The van der Waals surface area contributed by atoms with Crippen LogP contribution in [0.4, 0.5) is 5.69 Å². The van der Waals surface area contributed by atoms with E-state index in [0.29, 0.717) is 18.7 Å². The number of sulfonamides is 1. The SMILES string of the molecule is CC(C)NS(=O)(=O)c1ccccc1NCC1CCC(=O)N1. The van der Waals surface area contributed by atoms with Gasteiger partial charge in [0.2, 0.25) is 15.9 Å². The molecule has 7 heteroatoms. The Morgan fingerprint density at radius 2 is 2.05 bits per heavy atom. The molecule has 1 aliphatic rings. The van der Waals surface area contributed by atoms with Crippen molar-refractivity contribution in [3.8, 4) is 0 Å². The molecule has 21 heavy (non-hydrogen) atoms. The minimum absolute atomic E-state index is 0.0455. The topological polar surface area (TPSA) is 87.3 Å². The molecule has 1 saturated heterocycles. The summed E-state index contributed by atoms with van der Waals surface area (Å²) in [6, 6.07) is 6.65. The standard InChI is InChI=1S/C14H21N3O3S/c1-10(2)17-21(19,20)13-6-4-3-5-12(13)15-9-11-7-8-14(18)16-11/h3-6,10-11,15,17H,7-9H2,1-2H3,(H,16,18). The summed E-state index contributed by atoms with van der Waals surface area (Å²) in [6.45, 7) is 4.07. The van der Waals surface area contributed by atoms with Crippen molar-refractivity contribution in [3.63, 3.8) is 0 Å². The third-order valence-electron chi connectivity index (χ3n) is 3.19. The first-order valence-corrected chi connectivity index (χ1v) is 8.51. The number of amides is 1. The van der Waals surface area contributed by atoms with Crippen molar-refractivity contribution >= 4 is 21.6 Å². The van der Waals surface area contributed by atoms with Crippen molar-refractivity contribution in [1.82, 2.24) is 10.0 Å². The van der Waals surface area contributed by atoms with E-state index in [9.17, 15) is 13.2 Å². The lowest BCUT2D eigenvalue weighted by Gasteiger charge is -2.17. The third kappa shape index (κ3) is 4.18. The van der Waals surface area contributed by atoms with Crippen LogP contribution in [0.25, 0.3) is 0 Å². The van der Waals surface area contributed by atoms with Gasteiger partial charge in [-0.1, -0.05) is 12.1 Å². The van der Waals surface area contributed by atoms with E-state index in [2.05, 4.69) is 15.4 Å². The van der Waals surface area contributed by atoms with Crippen molar-refractivity contribution in [2.45, 2.75) is 43.7 Å². The molecule has 0 saturated carbocycles. The summed E-state index contributed by atoms with van der Waals surface area (Å²) in [4.78, 5) is 11.4. The number of benzene rings is 1. The Kier molecular flexibility index (Phi) is 4.84. The average molecular weight is 311 g/mol. The van der Waals surface area contributed by atoms with Gasteiger partial charge in [0.1, 0.15) is 4.90 Å². The molecule has 1 aromatic rings. The molecule has 1 amide bonds. The second-order valence-corrected chi connectivity index (χ2v) is 7.14. The molecule has 0 radical (unpaired) electrons. The first-order chi connectivity index (χ1) is 9.88. The minimum Gasteiger partial charge on any atom is -0.382 e. The molecule has 0 aliphatic carbocycles. The van der Waals surface area contributed by atoms with Crippen LogP contribution in [-0.4, -0.2) is 33.0 Å². The Morgan fingerprint density at radius 3 is 2.67 bits per heavy atom. The van der Waals surface area contributed by atoms with Crippen molar-refractivity contribution in [1.29, 1.82) is 0 Å². The monoisotopic (exact) mass is 311 g/mol. The minimum atomic E-state index is -3.55. The van der Waals surface area contributed by atoms with Crippen molar-refractivity contribution in [2.75, 3.05) is 11.9 Å². The van der Waals surface area contributed by atoms with E-state index < -0.39 is 10.0 Å². The van der Waals surface area contributed by atoms with Gasteiger partial charge < -0.3 is 10.6 Å². The highest BCUT2D eigenvalue weighted by Crippen LogP contribution is 2.21. The molecule has 2 rings (SSSR count). The average Bonchev–Trinajstić information content (AvgIpc) is 2.81. The molecular formula is C14H21N3O3S. The van der Waals surface area contributed by atoms with E-state index in [1.165, 1.54) is 0 Å². The van der Waals surface area contributed by atoms with Crippen LogP contribution >= 0.6 is 0 Å². The lowest BCUT2D eigenvalue weighted by Crippen LogP contribution is -2.33. The number of nitrogens with one attached hydrogen (secondary N) is 3. The van der Waals surface area contributed by atoms with E-state index in [4.69, 9.17) is 0 Å². The molecule has 0 aromatic heterocycles. The Hall–Kier alpha value is -1.60. The summed E-state index contributed by atoms with van der Waals surface area (Å²) >= 11 is 0. The predicted octanol–water partition coefficient (Wildman–Crippen LogP) is 1.06. The highest BCUT2D eigenvalue weighted by molar-refractivity contribution is 7.89. The van der Waals surface area contributed by atoms with Crippen LogP contribution in [0.1, 0.15) is 26.7 Å². The van der Waals surface area contributed by atoms with Gasteiger partial charge in [0, 0.05) is 25.0 Å². The smallest absolute Gasteiger partial charge is 0.242 e. The molecule has 1 fully saturated rings. The Labute approximate surface area is 125 Å². The molecule has 1 heterocycles. The van der Waals surface area contributed by atoms with Crippen LogP contribution < -0.4 is 15.4 Å². The molecule has 0 bridgehead atoms. The summed E-state index contributed by atoms with van der Waals surface area (Å²) in [6.07, 6.45) is 1.30. The molecule has 1 aliphatic heterocycles. The second kappa shape index (κ2) is 6.44. The van der Waals surface area contributed by atoms with Crippen molar-refractivity contribution < 1.29 is 13.2 Å². The van der Waals surface area contributed by atoms with Crippen molar-refractivity contribution in [2.24, 2.45) is 0 Å². The van der Waals surface area contributed by atoms with E-state index >= 15 is 0 Å². The maximum Gasteiger partial charge on any atom is 0.242 e. The first-order valence-electron chi connectivity index (χ1n) is 7.03. The molecule has 1 aromatic carbocycles. The van der Waals surface area contributed by atoms with Gasteiger partial charge in [-0.25, -0.2) is 13.1 Å². The van der Waals surface area contributed by atoms with E-state index in [1.54, 1.807) is 38.1 Å². The zero-order valence-corrected chi connectivity index (χ0v) is 13.0. The van der Waals surface area contributed by atoms with E-state index in [1.807, 2.05) is 0 Å². The van der Waals surface area contributed by atoms with Gasteiger partial charge in [-0.3, -0.25) is 4.79 Å². The largest absolute Gasteiger partial charge is 0.382 e. The van der Waals surface area contributed by atoms with Crippen LogP contribution in [0.5, 0.6) is 0 Å². The maximum absolute atomic E-state index is 12.3. The fraction of sp³-hybridized carbons (Fsp3) is 0.500.